The summed E-state index contributed by atoms with van der Waals surface area (Å²) in [4.78, 5) is 27.5. The summed E-state index contributed by atoms with van der Waals surface area (Å²) in [5.41, 5.74) is 1.86. The Balaban J connectivity index is 1.30. The Morgan fingerprint density at radius 1 is 1.11 bits per heavy atom. The first kappa shape index (κ1) is 18.3. The molecule has 7 nitrogen and oxygen atoms in total. The minimum Gasteiger partial charge on any atom is -0.349 e. The molecule has 0 bridgehead atoms. The van der Waals surface area contributed by atoms with E-state index in [1.165, 1.54) is 5.56 Å². The Hall–Kier alpha value is -3.06. The van der Waals surface area contributed by atoms with Crippen molar-refractivity contribution in [2.24, 2.45) is 0 Å². The molecule has 1 N–H and O–H groups in total. The summed E-state index contributed by atoms with van der Waals surface area (Å²) in [6.45, 7) is 4.15. The van der Waals surface area contributed by atoms with Gasteiger partial charge in [0.05, 0.1) is 5.56 Å². The van der Waals surface area contributed by atoms with Gasteiger partial charge in [0.15, 0.2) is 0 Å². The highest BCUT2D eigenvalue weighted by Crippen LogP contribution is 2.23. The second-order valence-corrected chi connectivity index (χ2v) is 7.12. The second-order valence-electron chi connectivity index (χ2n) is 7.12. The van der Waals surface area contributed by atoms with Crippen molar-refractivity contribution in [2.45, 2.75) is 31.8 Å². The van der Waals surface area contributed by atoms with Gasteiger partial charge in [-0.1, -0.05) is 0 Å². The van der Waals surface area contributed by atoms with Crippen LogP contribution in [0.1, 0.15) is 41.7 Å². The van der Waals surface area contributed by atoms with E-state index in [-0.39, 0.29) is 11.9 Å². The fourth-order valence-corrected chi connectivity index (χ4v) is 3.62. The zero-order valence-corrected chi connectivity index (χ0v) is 15.9. The average molecular weight is 376 g/mol. The summed E-state index contributed by atoms with van der Waals surface area (Å²) >= 11 is 0. The molecule has 0 spiro atoms. The van der Waals surface area contributed by atoms with Crippen molar-refractivity contribution < 1.29 is 4.79 Å². The molecule has 1 saturated heterocycles. The molecule has 1 unspecified atom stereocenters. The molecule has 0 aliphatic carbocycles. The van der Waals surface area contributed by atoms with Crippen LogP contribution in [0.2, 0.25) is 0 Å². The maximum atomic E-state index is 12.6. The van der Waals surface area contributed by atoms with Crippen LogP contribution >= 0.6 is 0 Å². The number of nitrogens with one attached hydrogen (secondary N) is 1. The van der Waals surface area contributed by atoms with Crippen LogP contribution in [-0.4, -0.2) is 49.5 Å². The zero-order chi connectivity index (χ0) is 19.3. The summed E-state index contributed by atoms with van der Waals surface area (Å²) in [7, 11) is 0. The van der Waals surface area contributed by atoms with Gasteiger partial charge in [-0.3, -0.25) is 19.2 Å². The number of amides is 1. The van der Waals surface area contributed by atoms with Crippen LogP contribution in [0.15, 0.2) is 61.6 Å². The number of pyridine rings is 2. The lowest BCUT2D eigenvalue weighted by atomic mass is 10.0. The minimum absolute atomic E-state index is 0.0645. The maximum Gasteiger partial charge on any atom is 0.253 e. The summed E-state index contributed by atoms with van der Waals surface area (Å²) in [5.74, 6) is 0.678. The van der Waals surface area contributed by atoms with Crippen molar-refractivity contribution in [3.8, 4) is 5.82 Å². The predicted molar refractivity (Wildman–Crippen MR) is 106 cm³/mol. The molecule has 3 aromatic heterocycles. The normalized spacial score (nSPS) is 16.6. The molecule has 0 radical (unpaired) electrons. The van der Waals surface area contributed by atoms with Gasteiger partial charge >= 0.3 is 0 Å². The quantitative estimate of drug-likeness (QED) is 0.741. The van der Waals surface area contributed by atoms with Gasteiger partial charge < -0.3 is 5.32 Å². The van der Waals surface area contributed by atoms with E-state index in [4.69, 9.17) is 0 Å². The summed E-state index contributed by atoms with van der Waals surface area (Å²) in [5, 5.41) is 3.15. The Morgan fingerprint density at radius 3 is 2.54 bits per heavy atom. The first-order valence-corrected chi connectivity index (χ1v) is 9.60. The number of imidazole rings is 1. The smallest absolute Gasteiger partial charge is 0.253 e. The lowest BCUT2D eigenvalue weighted by Crippen LogP contribution is -2.45. The molecule has 1 amide bonds. The van der Waals surface area contributed by atoms with Gasteiger partial charge in [-0.05, 0) is 49.6 Å². The van der Waals surface area contributed by atoms with Crippen LogP contribution in [0.5, 0.6) is 0 Å². The number of nitrogens with zero attached hydrogens (tertiary/aromatic N) is 5. The van der Waals surface area contributed by atoms with Crippen LogP contribution in [0.4, 0.5) is 0 Å². The highest BCUT2D eigenvalue weighted by Gasteiger charge is 2.24. The first-order chi connectivity index (χ1) is 13.7. The number of hydrogen-bond donors (Lipinski definition) is 1. The van der Waals surface area contributed by atoms with E-state index in [0.29, 0.717) is 11.6 Å². The Kier molecular flexibility index (Phi) is 5.43. The van der Waals surface area contributed by atoms with E-state index in [2.05, 4.69) is 44.2 Å². The van der Waals surface area contributed by atoms with Crippen LogP contribution in [0.3, 0.4) is 0 Å². The van der Waals surface area contributed by atoms with Crippen molar-refractivity contribution in [3.63, 3.8) is 0 Å². The molecule has 1 aliphatic heterocycles. The van der Waals surface area contributed by atoms with E-state index in [1.807, 2.05) is 24.7 Å². The Bertz CT molecular complexity index is 886. The molecule has 1 aliphatic rings. The van der Waals surface area contributed by atoms with E-state index in [0.717, 1.165) is 31.7 Å². The van der Waals surface area contributed by atoms with Gasteiger partial charge in [0.2, 0.25) is 0 Å². The zero-order valence-electron chi connectivity index (χ0n) is 15.9. The van der Waals surface area contributed by atoms with Gasteiger partial charge in [0.1, 0.15) is 12.1 Å². The van der Waals surface area contributed by atoms with Crippen molar-refractivity contribution in [1.29, 1.82) is 0 Å². The number of aromatic nitrogens is 4. The van der Waals surface area contributed by atoms with E-state index >= 15 is 0 Å². The van der Waals surface area contributed by atoms with Gasteiger partial charge in [0, 0.05) is 56.2 Å². The fraction of sp³-hybridized carbons (Fsp3) is 0.333. The van der Waals surface area contributed by atoms with E-state index in [1.54, 1.807) is 29.4 Å². The first-order valence-electron chi connectivity index (χ1n) is 9.60. The molecule has 4 heterocycles. The van der Waals surface area contributed by atoms with Crippen LogP contribution in [-0.2, 0) is 0 Å². The van der Waals surface area contributed by atoms with Crippen molar-refractivity contribution >= 4 is 5.91 Å². The summed E-state index contributed by atoms with van der Waals surface area (Å²) in [6.07, 6.45) is 12.4. The van der Waals surface area contributed by atoms with E-state index < -0.39 is 0 Å². The lowest BCUT2D eigenvalue weighted by Gasteiger charge is -2.36. The van der Waals surface area contributed by atoms with Crippen LogP contribution in [0, 0.1) is 0 Å². The predicted octanol–water partition coefficient (Wildman–Crippen LogP) is 2.62. The molecule has 4 rings (SSSR count). The largest absolute Gasteiger partial charge is 0.349 e. The fourth-order valence-electron chi connectivity index (χ4n) is 3.62. The monoisotopic (exact) mass is 376 g/mol. The van der Waals surface area contributed by atoms with Crippen LogP contribution < -0.4 is 5.32 Å². The molecule has 0 saturated carbocycles. The molecule has 3 aromatic rings. The number of piperidine rings is 1. The Labute approximate surface area is 164 Å². The van der Waals surface area contributed by atoms with Crippen molar-refractivity contribution in [3.05, 3.63) is 72.7 Å². The molecular formula is C21H24N6O. The van der Waals surface area contributed by atoms with Gasteiger partial charge in [-0.25, -0.2) is 9.97 Å². The highest BCUT2D eigenvalue weighted by molar-refractivity contribution is 5.94. The average Bonchev–Trinajstić information content (AvgIpc) is 3.29. The molecule has 1 atom stereocenters. The van der Waals surface area contributed by atoms with Gasteiger partial charge in [-0.15, -0.1) is 0 Å². The molecular weight excluding hydrogens is 352 g/mol. The number of hydrogen-bond acceptors (Lipinski definition) is 5. The third kappa shape index (κ3) is 4.09. The molecule has 28 heavy (non-hydrogen) atoms. The second kappa shape index (κ2) is 8.31. The topological polar surface area (TPSA) is 75.9 Å². The van der Waals surface area contributed by atoms with E-state index in [9.17, 15) is 4.79 Å². The number of rotatable bonds is 5. The lowest BCUT2D eigenvalue weighted by molar-refractivity contribution is 0.0895. The SMILES string of the molecule is CC(c1ccncc1)N1CCC(NC(=O)c2ccc(-n3ccnc3)nc2)CC1. The number of likely N-dealkylation sites (tertiary alicyclic amines) is 1. The Morgan fingerprint density at radius 2 is 1.89 bits per heavy atom. The van der Waals surface area contributed by atoms with Crippen molar-refractivity contribution in [2.75, 3.05) is 13.1 Å². The minimum atomic E-state index is -0.0645. The number of carbonyl (C=O) groups excluding carboxylic acids is 1. The van der Waals surface area contributed by atoms with Gasteiger partial charge in [0.25, 0.3) is 5.91 Å². The third-order valence-corrected chi connectivity index (χ3v) is 5.38. The standard InChI is InChI=1S/C21H24N6O/c1-16(17-4-8-22-9-5-17)26-11-6-19(7-12-26)25-21(28)18-2-3-20(24-14-18)27-13-10-23-15-27/h2-5,8-10,13-16,19H,6-7,11-12H2,1H3,(H,25,28). The number of carbonyl (C=O) groups is 1. The maximum absolute atomic E-state index is 12.6. The molecule has 1 fully saturated rings. The van der Waals surface area contributed by atoms with Gasteiger partial charge in [-0.2, -0.15) is 0 Å². The van der Waals surface area contributed by atoms with Crippen LogP contribution in [0.25, 0.3) is 5.82 Å². The highest BCUT2D eigenvalue weighted by atomic mass is 16.1. The van der Waals surface area contributed by atoms with Crippen molar-refractivity contribution in [1.82, 2.24) is 29.7 Å². The summed E-state index contributed by atoms with van der Waals surface area (Å²) in [6, 6.07) is 8.33. The molecule has 7 heteroatoms. The molecule has 0 aromatic carbocycles. The third-order valence-electron chi connectivity index (χ3n) is 5.38. The molecule has 144 valence electrons. The summed E-state index contributed by atoms with van der Waals surface area (Å²) < 4.78 is 1.81.